The first-order valence-corrected chi connectivity index (χ1v) is 11.0. The third kappa shape index (κ3) is 4.93. The molecule has 0 saturated heterocycles. The molecule has 0 aliphatic heterocycles. The van der Waals surface area contributed by atoms with E-state index in [1.165, 1.54) is 0 Å². The van der Waals surface area contributed by atoms with E-state index in [1.807, 2.05) is 13.8 Å². The van der Waals surface area contributed by atoms with Crippen molar-refractivity contribution in [1.82, 2.24) is 0 Å². The van der Waals surface area contributed by atoms with Crippen LogP contribution < -0.4 is 10.5 Å². The summed E-state index contributed by atoms with van der Waals surface area (Å²) in [5.41, 5.74) is 3.23. The van der Waals surface area contributed by atoms with Crippen molar-refractivity contribution < 1.29 is 18.5 Å². The van der Waals surface area contributed by atoms with Crippen molar-refractivity contribution >= 4 is 38.6 Å². The second-order valence-electron chi connectivity index (χ2n) is 7.42. The first kappa shape index (κ1) is 20.8. The molecular formula is C22H24N2O4S. The Morgan fingerprint density at radius 1 is 1.28 bits per heavy atom. The number of nitrogens with one attached hydrogen (secondary N) is 1. The van der Waals surface area contributed by atoms with E-state index in [0.29, 0.717) is 34.7 Å². The van der Waals surface area contributed by atoms with E-state index in [9.17, 15) is 13.8 Å². The van der Waals surface area contributed by atoms with E-state index in [2.05, 4.69) is 11.2 Å². The minimum Gasteiger partial charge on any atom is -0.462 e. The monoisotopic (exact) mass is 412 g/mol. The SMILES string of the molecule is C=S(N)(=O)c1ccc(NC=C2C(=O)Cc3ccc(C(=O)OCC(C)C)cc32)cc1. The molecule has 1 atom stereocenters. The van der Waals surface area contributed by atoms with Crippen LogP contribution in [0.15, 0.2) is 53.6 Å². The van der Waals surface area contributed by atoms with Crippen LogP contribution in [0.5, 0.6) is 0 Å². The topological polar surface area (TPSA) is 98.5 Å². The zero-order chi connectivity index (χ0) is 21.2. The maximum absolute atomic E-state index is 12.4. The summed E-state index contributed by atoms with van der Waals surface area (Å²) in [6, 6.07) is 11.9. The first-order valence-electron chi connectivity index (χ1n) is 9.20. The predicted molar refractivity (Wildman–Crippen MR) is 116 cm³/mol. The number of ketones is 1. The number of anilines is 1. The van der Waals surface area contributed by atoms with Gasteiger partial charge in [-0.15, -0.1) is 0 Å². The summed E-state index contributed by atoms with van der Waals surface area (Å²) in [7, 11) is -2.76. The molecule has 0 amide bonds. The number of ether oxygens (including phenoxy) is 1. The molecule has 2 aromatic rings. The lowest BCUT2D eigenvalue weighted by Crippen LogP contribution is -2.11. The van der Waals surface area contributed by atoms with Gasteiger partial charge >= 0.3 is 5.97 Å². The van der Waals surface area contributed by atoms with Gasteiger partial charge in [-0.25, -0.2) is 9.00 Å². The van der Waals surface area contributed by atoms with E-state index in [-0.39, 0.29) is 11.7 Å². The van der Waals surface area contributed by atoms with Gasteiger partial charge < -0.3 is 10.1 Å². The fraction of sp³-hybridized carbons (Fsp3) is 0.227. The summed E-state index contributed by atoms with van der Waals surface area (Å²) in [4.78, 5) is 25.1. The minimum absolute atomic E-state index is 0.0282. The highest BCUT2D eigenvalue weighted by atomic mass is 32.2. The molecule has 0 saturated carbocycles. The summed E-state index contributed by atoms with van der Waals surface area (Å²) in [6.07, 6.45) is 1.91. The fourth-order valence-corrected chi connectivity index (χ4v) is 3.54. The highest BCUT2D eigenvalue weighted by Gasteiger charge is 2.26. The molecule has 1 aliphatic rings. The van der Waals surface area contributed by atoms with Crippen molar-refractivity contribution in [2.75, 3.05) is 11.9 Å². The molecular weight excluding hydrogens is 388 g/mol. The van der Waals surface area contributed by atoms with Crippen LogP contribution in [-0.2, 0) is 25.7 Å². The molecule has 0 radical (unpaired) electrons. The zero-order valence-electron chi connectivity index (χ0n) is 16.4. The number of carbonyl (C=O) groups excluding carboxylic acids is 2. The Balaban J connectivity index is 1.82. The van der Waals surface area contributed by atoms with Crippen LogP contribution in [0.3, 0.4) is 0 Å². The second-order valence-corrected chi connectivity index (χ2v) is 9.34. The van der Waals surface area contributed by atoms with Gasteiger partial charge in [-0.3, -0.25) is 9.93 Å². The van der Waals surface area contributed by atoms with E-state index in [0.717, 1.165) is 11.1 Å². The van der Waals surface area contributed by atoms with Gasteiger partial charge in [0.2, 0.25) is 0 Å². The van der Waals surface area contributed by atoms with Crippen LogP contribution in [0.2, 0.25) is 0 Å². The van der Waals surface area contributed by atoms with Crippen molar-refractivity contribution in [2.24, 2.45) is 11.1 Å². The first-order chi connectivity index (χ1) is 13.6. The largest absolute Gasteiger partial charge is 0.462 e. The average Bonchev–Trinajstić information content (AvgIpc) is 2.98. The summed E-state index contributed by atoms with van der Waals surface area (Å²) in [5.74, 6) is 3.27. The molecule has 0 aromatic heterocycles. The lowest BCUT2D eigenvalue weighted by atomic mass is 10.0. The average molecular weight is 413 g/mol. The molecule has 0 spiro atoms. The number of carbonyl (C=O) groups is 2. The molecule has 1 unspecified atom stereocenters. The van der Waals surface area contributed by atoms with Gasteiger partial charge in [0.15, 0.2) is 5.78 Å². The predicted octanol–water partition coefficient (Wildman–Crippen LogP) is 3.03. The van der Waals surface area contributed by atoms with Crippen molar-refractivity contribution in [1.29, 1.82) is 0 Å². The number of hydrogen-bond acceptors (Lipinski definition) is 5. The number of hydrogen-bond donors (Lipinski definition) is 2. The standard InChI is InChI=1S/C22H24N2O4S/c1-14(2)13-28-22(26)16-5-4-15-11-21(25)20(19(15)10-16)12-24-17-6-8-18(9-7-17)29(3,23)27/h4-10,12,14,24H,3,11,13H2,1-2H3,(H2,23,27). The number of nitrogens with two attached hydrogens (primary N) is 1. The maximum Gasteiger partial charge on any atom is 0.338 e. The Morgan fingerprint density at radius 2 is 1.97 bits per heavy atom. The number of rotatable bonds is 6. The number of fused-ring (bicyclic) bond motifs is 1. The Morgan fingerprint density at radius 3 is 2.59 bits per heavy atom. The minimum atomic E-state index is -2.76. The Bertz CT molecular complexity index is 1080. The molecule has 1 aliphatic carbocycles. The van der Waals surface area contributed by atoms with E-state index >= 15 is 0 Å². The number of benzene rings is 2. The van der Waals surface area contributed by atoms with Crippen molar-refractivity contribution in [3.8, 4) is 0 Å². The normalized spacial score (nSPS) is 16.6. The van der Waals surface area contributed by atoms with Crippen LogP contribution >= 0.6 is 0 Å². The molecule has 29 heavy (non-hydrogen) atoms. The highest BCUT2D eigenvalue weighted by Crippen LogP contribution is 2.31. The Hall–Kier alpha value is -2.90. The Labute approximate surface area is 170 Å². The van der Waals surface area contributed by atoms with Crippen LogP contribution in [0.1, 0.15) is 35.3 Å². The molecule has 152 valence electrons. The molecule has 3 rings (SSSR count). The van der Waals surface area contributed by atoms with Gasteiger partial charge in [0.1, 0.15) is 0 Å². The lowest BCUT2D eigenvalue weighted by molar-refractivity contribution is -0.112. The summed E-state index contributed by atoms with van der Waals surface area (Å²) in [6.45, 7) is 4.28. The summed E-state index contributed by atoms with van der Waals surface area (Å²) in [5, 5.41) is 8.60. The fourth-order valence-electron chi connectivity index (χ4n) is 2.95. The van der Waals surface area contributed by atoms with Crippen LogP contribution in [0.25, 0.3) is 5.57 Å². The Kier molecular flexibility index (Phi) is 5.91. The van der Waals surface area contributed by atoms with Crippen molar-refractivity contribution in [3.63, 3.8) is 0 Å². The van der Waals surface area contributed by atoms with Crippen molar-refractivity contribution in [3.05, 3.63) is 65.4 Å². The molecule has 0 fully saturated rings. The highest BCUT2D eigenvalue weighted by molar-refractivity contribution is 7.98. The smallest absolute Gasteiger partial charge is 0.338 e. The van der Waals surface area contributed by atoms with Gasteiger partial charge in [0.05, 0.1) is 21.9 Å². The summed E-state index contributed by atoms with van der Waals surface area (Å²) >= 11 is 0. The third-order valence-corrected chi connectivity index (χ3v) is 5.54. The van der Waals surface area contributed by atoms with Gasteiger partial charge in [-0.1, -0.05) is 19.9 Å². The summed E-state index contributed by atoms with van der Waals surface area (Å²) < 4.78 is 17.1. The molecule has 0 bridgehead atoms. The molecule has 6 nitrogen and oxygen atoms in total. The van der Waals surface area contributed by atoms with E-state index in [4.69, 9.17) is 9.88 Å². The van der Waals surface area contributed by atoms with Crippen LogP contribution in [0.4, 0.5) is 5.69 Å². The van der Waals surface area contributed by atoms with E-state index < -0.39 is 15.7 Å². The van der Waals surface area contributed by atoms with Gasteiger partial charge in [0, 0.05) is 28.8 Å². The van der Waals surface area contributed by atoms with Gasteiger partial charge in [-0.2, -0.15) is 0 Å². The van der Waals surface area contributed by atoms with E-state index in [1.54, 1.807) is 48.7 Å². The lowest BCUT2D eigenvalue weighted by Gasteiger charge is -2.09. The quantitative estimate of drug-likeness (QED) is 0.432. The van der Waals surface area contributed by atoms with Gasteiger partial charge in [0.25, 0.3) is 0 Å². The number of allylic oxidation sites excluding steroid dienone is 1. The molecule has 3 N–H and O–H groups in total. The molecule has 7 heteroatoms. The molecule has 0 heterocycles. The number of Topliss-reactive ketones (excluding diaryl/α,β-unsaturated/α-hetero) is 1. The maximum atomic E-state index is 12.4. The third-order valence-electron chi connectivity index (χ3n) is 4.47. The second kappa shape index (κ2) is 8.23. The molecule has 2 aromatic carbocycles. The number of esters is 1. The zero-order valence-corrected chi connectivity index (χ0v) is 17.3. The van der Waals surface area contributed by atoms with Crippen LogP contribution in [-0.4, -0.2) is 28.4 Å². The van der Waals surface area contributed by atoms with Gasteiger partial charge in [-0.05, 0) is 59.3 Å². The van der Waals surface area contributed by atoms with Crippen molar-refractivity contribution in [2.45, 2.75) is 25.2 Å². The van der Waals surface area contributed by atoms with Crippen LogP contribution in [0, 0.1) is 5.92 Å².